The average molecular weight is 371 g/mol. The van der Waals surface area contributed by atoms with Crippen molar-refractivity contribution in [1.82, 2.24) is 5.32 Å². The summed E-state index contributed by atoms with van der Waals surface area (Å²) in [6, 6.07) is 12.7. The van der Waals surface area contributed by atoms with E-state index in [0.29, 0.717) is 18.7 Å². The Morgan fingerprint density at radius 2 is 1.70 bits per heavy atom. The van der Waals surface area contributed by atoms with Gasteiger partial charge in [0.05, 0.1) is 7.11 Å². The Kier molecular flexibility index (Phi) is 7.37. The molecule has 2 rings (SSSR count). The van der Waals surface area contributed by atoms with Crippen molar-refractivity contribution >= 4 is 11.9 Å². The lowest BCUT2D eigenvalue weighted by Crippen LogP contribution is -2.38. The van der Waals surface area contributed by atoms with Gasteiger partial charge in [-0.15, -0.1) is 0 Å². The summed E-state index contributed by atoms with van der Waals surface area (Å²) < 4.78 is 10.1. The van der Waals surface area contributed by atoms with Crippen LogP contribution >= 0.6 is 0 Å². The summed E-state index contributed by atoms with van der Waals surface area (Å²) in [6.07, 6.45) is 0.411. The predicted octanol–water partition coefficient (Wildman–Crippen LogP) is 2.64. The number of carbonyl (C=O) groups is 2. The molecule has 0 aliphatic rings. The Balaban J connectivity index is 2.03. The van der Waals surface area contributed by atoms with Gasteiger partial charge in [0, 0.05) is 6.54 Å². The van der Waals surface area contributed by atoms with E-state index >= 15 is 0 Å². The summed E-state index contributed by atoms with van der Waals surface area (Å²) in [5.41, 5.74) is 3.68. The zero-order chi connectivity index (χ0) is 19.8. The maximum absolute atomic E-state index is 11.6. The highest BCUT2D eigenvalue weighted by atomic mass is 16.6. The minimum absolute atomic E-state index is 0.145. The van der Waals surface area contributed by atoms with Crippen LogP contribution in [0.4, 0.5) is 0 Å². The summed E-state index contributed by atoms with van der Waals surface area (Å²) in [4.78, 5) is 22.8. The third kappa shape index (κ3) is 6.11. The van der Waals surface area contributed by atoms with E-state index in [-0.39, 0.29) is 6.61 Å². The minimum atomic E-state index is -0.884. The van der Waals surface area contributed by atoms with Gasteiger partial charge in [-0.25, -0.2) is 4.79 Å². The topological polar surface area (TPSA) is 84.9 Å². The van der Waals surface area contributed by atoms with Crippen LogP contribution in [0.25, 0.3) is 0 Å². The van der Waals surface area contributed by atoms with Gasteiger partial charge in [0.2, 0.25) is 0 Å². The monoisotopic (exact) mass is 371 g/mol. The van der Waals surface area contributed by atoms with E-state index in [9.17, 15) is 14.7 Å². The van der Waals surface area contributed by atoms with Gasteiger partial charge >= 0.3 is 11.9 Å². The lowest BCUT2D eigenvalue weighted by Gasteiger charge is -2.17. The maximum atomic E-state index is 11.6. The normalized spacial score (nSPS) is 11.7. The molecule has 0 unspecified atom stereocenters. The van der Waals surface area contributed by atoms with Crippen molar-refractivity contribution in [2.45, 2.75) is 32.9 Å². The highest BCUT2D eigenvalue weighted by Gasteiger charge is 2.18. The molecule has 0 aromatic heterocycles. The fourth-order valence-corrected chi connectivity index (χ4v) is 2.90. The molecule has 0 saturated heterocycles. The SMILES string of the molecule is COC(=O)COc1c(C)cc(CN[C@H](Cc2ccccc2)C(=O)O)cc1C. The second-order valence-electron chi connectivity index (χ2n) is 6.38. The quantitative estimate of drug-likeness (QED) is 0.659. The van der Waals surface area contributed by atoms with Crippen LogP contribution in [0, 0.1) is 13.8 Å². The Bertz CT molecular complexity index is 765. The number of benzene rings is 2. The zero-order valence-corrected chi connectivity index (χ0v) is 15.8. The fraction of sp³-hybridized carbons (Fsp3) is 0.333. The van der Waals surface area contributed by atoms with Crippen LogP contribution in [0.5, 0.6) is 5.75 Å². The number of carboxylic acids is 1. The molecule has 0 aliphatic carbocycles. The lowest BCUT2D eigenvalue weighted by atomic mass is 10.0. The Hall–Kier alpha value is -2.86. The maximum Gasteiger partial charge on any atom is 0.343 e. The number of ether oxygens (including phenoxy) is 2. The van der Waals surface area contributed by atoms with Gasteiger partial charge in [-0.3, -0.25) is 4.79 Å². The number of hydrogen-bond acceptors (Lipinski definition) is 5. The van der Waals surface area contributed by atoms with Gasteiger partial charge in [0.1, 0.15) is 11.8 Å². The van der Waals surface area contributed by atoms with E-state index < -0.39 is 18.0 Å². The summed E-state index contributed by atoms with van der Waals surface area (Å²) in [7, 11) is 1.31. The average Bonchev–Trinajstić information content (AvgIpc) is 2.64. The van der Waals surface area contributed by atoms with Crippen molar-refractivity contribution in [2.24, 2.45) is 0 Å². The summed E-state index contributed by atoms with van der Waals surface area (Å²) in [5.74, 6) is -0.682. The van der Waals surface area contributed by atoms with Crippen LogP contribution in [-0.4, -0.2) is 36.8 Å². The second-order valence-corrected chi connectivity index (χ2v) is 6.38. The van der Waals surface area contributed by atoms with E-state index in [1.807, 2.05) is 56.3 Å². The molecule has 2 aromatic rings. The molecule has 6 heteroatoms. The third-order valence-electron chi connectivity index (χ3n) is 4.22. The van der Waals surface area contributed by atoms with Gasteiger partial charge in [0.15, 0.2) is 6.61 Å². The van der Waals surface area contributed by atoms with E-state index in [0.717, 1.165) is 22.3 Å². The molecule has 0 saturated carbocycles. The van der Waals surface area contributed by atoms with Crippen molar-refractivity contribution in [3.63, 3.8) is 0 Å². The van der Waals surface area contributed by atoms with Crippen LogP contribution in [0.3, 0.4) is 0 Å². The van der Waals surface area contributed by atoms with Crippen LogP contribution in [0.15, 0.2) is 42.5 Å². The van der Waals surface area contributed by atoms with Crippen LogP contribution in [0.2, 0.25) is 0 Å². The molecule has 2 aromatic carbocycles. The number of esters is 1. The van der Waals surface area contributed by atoms with E-state index in [2.05, 4.69) is 10.1 Å². The van der Waals surface area contributed by atoms with Crippen molar-refractivity contribution < 1.29 is 24.2 Å². The zero-order valence-electron chi connectivity index (χ0n) is 15.8. The van der Waals surface area contributed by atoms with E-state index in [1.54, 1.807) is 0 Å². The smallest absolute Gasteiger partial charge is 0.343 e. The van der Waals surface area contributed by atoms with Gasteiger partial charge in [-0.2, -0.15) is 0 Å². The number of rotatable bonds is 9. The molecule has 27 heavy (non-hydrogen) atoms. The summed E-state index contributed by atoms with van der Waals surface area (Å²) in [6.45, 7) is 4.06. The van der Waals surface area contributed by atoms with Crippen molar-refractivity contribution in [1.29, 1.82) is 0 Å². The molecule has 0 aliphatic heterocycles. The largest absolute Gasteiger partial charge is 0.481 e. The molecule has 0 amide bonds. The standard InChI is InChI=1S/C21H25NO5/c1-14-9-17(10-15(2)20(14)27-13-19(23)26-3)12-22-18(21(24)25)11-16-7-5-4-6-8-16/h4-10,18,22H,11-13H2,1-3H3,(H,24,25)/t18-/m1/s1. The number of carboxylic acid groups (broad SMARTS) is 1. The first-order valence-corrected chi connectivity index (χ1v) is 8.70. The molecule has 144 valence electrons. The number of hydrogen-bond donors (Lipinski definition) is 2. The Labute approximate surface area is 159 Å². The number of aliphatic carboxylic acids is 1. The van der Waals surface area contributed by atoms with E-state index in [1.165, 1.54) is 7.11 Å². The molecule has 1 atom stereocenters. The molecular weight excluding hydrogens is 346 g/mol. The van der Waals surface area contributed by atoms with Crippen molar-refractivity contribution in [2.75, 3.05) is 13.7 Å². The summed E-state index contributed by atoms with van der Waals surface area (Å²) >= 11 is 0. The predicted molar refractivity (Wildman–Crippen MR) is 102 cm³/mol. The number of carbonyl (C=O) groups excluding carboxylic acids is 1. The van der Waals surface area contributed by atoms with Crippen molar-refractivity contribution in [3.05, 3.63) is 64.7 Å². The molecule has 0 spiro atoms. The minimum Gasteiger partial charge on any atom is -0.481 e. The first-order valence-electron chi connectivity index (χ1n) is 8.70. The number of nitrogens with one attached hydrogen (secondary N) is 1. The molecule has 6 nitrogen and oxygen atoms in total. The first kappa shape index (κ1) is 20.5. The molecule has 0 bridgehead atoms. The van der Waals surface area contributed by atoms with E-state index in [4.69, 9.17) is 4.74 Å². The second kappa shape index (κ2) is 9.73. The number of methoxy groups -OCH3 is 1. The van der Waals surface area contributed by atoms with Crippen LogP contribution in [-0.2, 0) is 27.3 Å². The third-order valence-corrected chi connectivity index (χ3v) is 4.22. The number of aryl methyl sites for hydroxylation is 2. The molecular formula is C21H25NO5. The molecule has 2 N–H and O–H groups in total. The first-order chi connectivity index (χ1) is 12.9. The lowest BCUT2D eigenvalue weighted by molar-refractivity contribution is -0.143. The highest BCUT2D eigenvalue weighted by Crippen LogP contribution is 2.25. The molecule has 0 radical (unpaired) electrons. The molecule has 0 fully saturated rings. The molecule has 0 heterocycles. The van der Waals surface area contributed by atoms with Crippen LogP contribution in [0.1, 0.15) is 22.3 Å². The van der Waals surface area contributed by atoms with Gasteiger partial charge in [0.25, 0.3) is 0 Å². The Morgan fingerprint density at radius 1 is 1.07 bits per heavy atom. The van der Waals surface area contributed by atoms with Gasteiger partial charge < -0.3 is 19.9 Å². The fourth-order valence-electron chi connectivity index (χ4n) is 2.90. The van der Waals surface area contributed by atoms with Gasteiger partial charge in [-0.1, -0.05) is 42.5 Å². The van der Waals surface area contributed by atoms with Crippen LogP contribution < -0.4 is 10.1 Å². The summed E-state index contributed by atoms with van der Waals surface area (Å²) in [5, 5.41) is 12.6. The van der Waals surface area contributed by atoms with Gasteiger partial charge in [-0.05, 0) is 42.5 Å². The Morgan fingerprint density at radius 3 is 2.26 bits per heavy atom. The highest BCUT2D eigenvalue weighted by molar-refractivity contribution is 5.74. The van der Waals surface area contributed by atoms with Crippen molar-refractivity contribution in [3.8, 4) is 5.75 Å².